The van der Waals surface area contributed by atoms with Gasteiger partial charge in [-0.15, -0.1) is 5.10 Å². The molecular weight excluding hydrogens is 297 g/mol. The lowest BCUT2D eigenvalue weighted by molar-refractivity contribution is 0.236. The fourth-order valence-corrected chi connectivity index (χ4v) is 1.37. The smallest absolute Gasteiger partial charge is 0.243 e. The van der Waals surface area contributed by atoms with Crippen molar-refractivity contribution < 1.29 is 9.18 Å². The second-order valence-corrected chi connectivity index (χ2v) is 5.02. The van der Waals surface area contributed by atoms with Gasteiger partial charge in [-0.05, 0) is 0 Å². The second kappa shape index (κ2) is 4.21. The average molecular weight is 299 g/mol. The summed E-state index contributed by atoms with van der Waals surface area (Å²) in [4.78, 5) is 18.5. The average Bonchev–Trinajstić information content (AvgIpc) is 2.83. The summed E-state index contributed by atoms with van der Waals surface area (Å²) in [5, 5.41) is 6.72. The summed E-state index contributed by atoms with van der Waals surface area (Å²) >= 11 is 16.6. The summed E-state index contributed by atoms with van der Waals surface area (Å²) in [5.74, 6) is -0.472. The number of alkyl halides is 3. The molecule has 0 atom stereocenters. The molecule has 0 radical (unpaired) electrons. The van der Waals surface area contributed by atoms with Crippen LogP contribution in [-0.2, 0) is 3.79 Å². The van der Waals surface area contributed by atoms with E-state index in [1.807, 2.05) is 0 Å². The van der Waals surface area contributed by atoms with Gasteiger partial charge in [-0.25, -0.2) is 9.78 Å². The first kappa shape index (κ1) is 12.2. The lowest BCUT2D eigenvalue weighted by Crippen LogP contribution is -2.26. The molecule has 0 spiro atoms. The molecule has 0 aliphatic rings. The molecule has 2 rings (SSSR count). The van der Waals surface area contributed by atoms with Crippen LogP contribution in [0.1, 0.15) is 5.82 Å². The third kappa shape index (κ3) is 2.38. The Labute approximate surface area is 108 Å². The molecule has 0 saturated heterocycles. The Hall–Kier alpha value is -1.25. The van der Waals surface area contributed by atoms with Gasteiger partial charge in [0.05, 0.1) is 0 Å². The lowest BCUT2D eigenvalue weighted by atomic mass is 10.7. The van der Waals surface area contributed by atoms with Gasteiger partial charge in [-0.1, -0.05) is 34.8 Å². The molecule has 0 aliphatic carbocycles. The molecule has 0 fully saturated rings. The summed E-state index contributed by atoms with van der Waals surface area (Å²) in [6.07, 6.45) is 1.00. The predicted octanol–water partition coefficient (Wildman–Crippen LogP) is 1.35. The SMILES string of the molecule is O=C(n1cncn1)n1nc(F)nc1C(Cl)(Cl)Cl. The van der Waals surface area contributed by atoms with Crippen molar-refractivity contribution in [1.82, 2.24) is 29.5 Å². The highest BCUT2D eigenvalue weighted by Gasteiger charge is 2.34. The molecule has 17 heavy (non-hydrogen) atoms. The normalized spacial score (nSPS) is 11.8. The largest absolute Gasteiger partial charge is 0.372 e. The third-order valence-electron chi connectivity index (χ3n) is 1.63. The van der Waals surface area contributed by atoms with E-state index in [1.54, 1.807) is 0 Å². The number of carbonyl (C=O) groups is 1. The van der Waals surface area contributed by atoms with E-state index in [9.17, 15) is 9.18 Å². The van der Waals surface area contributed by atoms with Crippen LogP contribution in [0.2, 0.25) is 0 Å². The van der Waals surface area contributed by atoms with Crippen molar-refractivity contribution in [1.29, 1.82) is 0 Å². The van der Waals surface area contributed by atoms with Gasteiger partial charge in [0.1, 0.15) is 12.7 Å². The number of rotatable bonds is 0. The van der Waals surface area contributed by atoms with Crippen LogP contribution in [0.15, 0.2) is 12.7 Å². The summed E-state index contributed by atoms with van der Waals surface area (Å²) in [6.45, 7) is 0. The fraction of sp³-hybridized carbons (Fsp3) is 0.167. The van der Waals surface area contributed by atoms with Gasteiger partial charge in [0.2, 0.25) is 3.79 Å². The standard InChI is InChI=1S/C6H2Cl3FN6O/c7-6(8,9)3-13-4(10)14-16(3)5(17)15-2-11-1-12-15/h1-2H. The zero-order valence-electron chi connectivity index (χ0n) is 7.76. The Morgan fingerprint density at radius 2 is 2.12 bits per heavy atom. The van der Waals surface area contributed by atoms with Gasteiger partial charge in [0.25, 0.3) is 0 Å². The van der Waals surface area contributed by atoms with E-state index >= 15 is 0 Å². The van der Waals surface area contributed by atoms with Crippen LogP contribution in [0, 0.1) is 6.08 Å². The predicted molar refractivity (Wildman–Crippen MR) is 55.4 cm³/mol. The van der Waals surface area contributed by atoms with Crippen LogP contribution in [0.4, 0.5) is 9.18 Å². The molecule has 0 N–H and O–H groups in total. The Kier molecular flexibility index (Phi) is 3.02. The molecule has 90 valence electrons. The van der Waals surface area contributed by atoms with Crippen LogP contribution >= 0.6 is 34.8 Å². The molecule has 0 unspecified atom stereocenters. The van der Waals surface area contributed by atoms with Crippen LogP contribution < -0.4 is 0 Å². The van der Waals surface area contributed by atoms with Crippen LogP contribution in [-0.4, -0.2) is 35.6 Å². The van der Waals surface area contributed by atoms with Gasteiger partial charge in [0, 0.05) is 0 Å². The Morgan fingerprint density at radius 1 is 1.41 bits per heavy atom. The van der Waals surface area contributed by atoms with Crippen molar-refractivity contribution in [3.05, 3.63) is 24.6 Å². The summed E-state index contributed by atoms with van der Waals surface area (Å²) in [7, 11) is 0. The van der Waals surface area contributed by atoms with Crippen molar-refractivity contribution in [2.75, 3.05) is 0 Å². The maximum atomic E-state index is 12.9. The molecular formula is C6H2Cl3FN6O. The molecule has 7 nitrogen and oxygen atoms in total. The topological polar surface area (TPSA) is 78.5 Å². The van der Waals surface area contributed by atoms with Crippen LogP contribution in [0.5, 0.6) is 0 Å². The van der Waals surface area contributed by atoms with Crippen molar-refractivity contribution in [2.45, 2.75) is 3.79 Å². The van der Waals surface area contributed by atoms with Crippen LogP contribution in [0.3, 0.4) is 0 Å². The molecule has 0 aromatic carbocycles. The van der Waals surface area contributed by atoms with Crippen molar-refractivity contribution in [3.8, 4) is 0 Å². The zero-order chi connectivity index (χ0) is 12.6. The van der Waals surface area contributed by atoms with Crippen molar-refractivity contribution in [2.24, 2.45) is 0 Å². The van der Waals surface area contributed by atoms with E-state index in [2.05, 4.69) is 20.2 Å². The number of aromatic nitrogens is 6. The summed E-state index contributed by atoms with van der Waals surface area (Å²) in [5.41, 5.74) is 0. The minimum Gasteiger partial charge on any atom is -0.243 e. The number of carbonyl (C=O) groups excluding carboxylic acids is 1. The highest BCUT2D eigenvalue weighted by molar-refractivity contribution is 6.66. The highest BCUT2D eigenvalue weighted by atomic mass is 35.6. The van der Waals surface area contributed by atoms with E-state index in [-0.39, 0.29) is 0 Å². The zero-order valence-corrected chi connectivity index (χ0v) is 10.0. The number of halogens is 4. The van der Waals surface area contributed by atoms with Crippen molar-refractivity contribution in [3.63, 3.8) is 0 Å². The number of hydrogen-bond donors (Lipinski definition) is 0. The molecule has 2 aromatic heterocycles. The van der Waals surface area contributed by atoms with Gasteiger partial charge >= 0.3 is 12.1 Å². The van der Waals surface area contributed by atoms with E-state index in [0.717, 1.165) is 17.3 Å². The minimum atomic E-state index is -2.09. The molecule has 2 heterocycles. The maximum absolute atomic E-state index is 12.9. The van der Waals surface area contributed by atoms with Gasteiger partial charge < -0.3 is 0 Å². The first-order valence-electron chi connectivity index (χ1n) is 3.98. The molecule has 0 saturated carbocycles. The third-order valence-corrected chi connectivity index (χ3v) is 2.14. The Balaban J connectivity index is 2.49. The Morgan fingerprint density at radius 3 is 2.65 bits per heavy atom. The fourth-order valence-electron chi connectivity index (χ4n) is 1.01. The lowest BCUT2D eigenvalue weighted by Gasteiger charge is -2.09. The molecule has 0 aliphatic heterocycles. The van der Waals surface area contributed by atoms with Gasteiger partial charge in [-0.2, -0.15) is 23.8 Å². The van der Waals surface area contributed by atoms with Crippen LogP contribution in [0.25, 0.3) is 0 Å². The number of hydrogen-bond acceptors (Lipinski definition) is 5. The number of nitrogens with zero attached hydrogens (tertiary/aromatic N) is 6. The van der Waals surface area contributed by atoms with Gasteiger partial charge in [0.15, 0.2) is 5.82 Å². The monoisotopic (exact) mass is 298 g/mol. The molecule has 11 heteroatoms. The second-order valence-electron chi connectivity index (χ2n) is 2.74. The molecule has 0 bridgehead atoms. The van der Waals surface area contributed by atoms with Gasteiger partial charge in [-0.3, -0.25) is 0 Å². The maximum Gasteiger partial charge on any atom is 0.372 e. The molecule has 0 amide bonds. The summed E-state index contributed by atoms with van der Waals surface area (Å²) < 4.78 is 12.1. The first-order valence-corrected chi connectivity index (χ1v) is 5.12. The van der Waals surface area contributed by atoms with E-state index < -0.39 is 21.7 Å². The quantitative estimate of drug-likeness (QED) is 0.686. The minimum absolute atomic E-state index is 0.472. The van der Waals surface area contributed by atoms with E-state index in [4.69, 9.17) is 34.8 Å². The Bertz CT molecular complexity index is 547. The highest BCUT2D eigenvalue weighted by Crippen LogP contribution is 2.36. The van der Waals surface area contributed by atoms with Crippen molar-refractivity contribution >= 4 is 40.8 Å². The molecule has 2 aromatic rings. The van der Waals surface area contributed by atoms with E-state index in [1.165, 1.54) is 0 Å². The van der Waals surface area contributed by atoms with E-state index in [0.29, 0.717) is 4.68 Å². The first-order chi connectivity index (χ1) is 7.89. The summed E-state index contributed by atoms with van der Waals surface area (Å²) in [6, 6.07) is -0.875.